The number of nitrogens with zero attached hydrogens (tertiary/aromatic N) is 4. The van der Waals surface area contributed by atoms with E-state index in [1.165, 1.54) is 10.9 Å². The maximum Gasteiger partial charge on any atom is 0.416 e. The summed E-state index contributed by atoms with van der Waals surface area (Å²) in [5, 5.41) is 15.4. The number of halogens is 4. The van der Waals surface area contributed by atoms with Crippen LogP contribution in [0.3, 0.4) is 0 Å². The fourth-order valence-corrected chi connectivity index (χ4v) is 4.67. The number of alkyl halides is 3. The SMILES string of the molecule is Cn1cc2c(-c3cc(F)c(CN4Cc5ncccc5C4=O)c(C(F)(F)F)c3)ccc(C(C)(C)O)c2n1. The average molecular weight is 498 g/mol. The number of aromatic nitrogens is 3. The number of aliphatic hydroxyl groups is 1. The molecular formula is C26H22F4N4O2. The molecule has 0 fully saturated rings. The van der Waals surface area contributed by atoms with Crippen LogP contribution < -0.4 is 0 Å². The van der Waals surface area contributed by atoms with Gasteiger partial charge in [-0.3, -0.25) is 14.5 Å². The van der Waals surface area contributed by atoms with Gasteiger partial charge in [0.15, 0.2) is 0 Å². The van der Waals surface area contributed by atoms with Crippen LogP contribution in [0.1, 0.15) is 46.6 Å². The topological polar surface area (TPSA) is 71.2 Å². The van der Waals surface area contributed by atoms with Gasteiger partial charge in [0.05, 0.1) is 34.5 Å². The lowest BCUT2D eigenvalue weighted by atomic mass is 9.90. The highest BCUT2D eigenvalue weighted by atomic mass is 19.4. The van der Waals surface area contributed by atoms with Gasteiger partial charge in [0.1, 0.15) is 5.82 Å². The summed E-state index contributed by atoms with van der Waals surface area (Å²) < 4.78 is 59.4. The van der Waals surface area contributed by atoms with E-state index in [9.17, 15) is 23.1 Å². The summed E-state index contributed by atoms with van der Waals surface area (Å²) in [5.74, 6) is -1.56. The van der Waals surface area contributed by atoms with E-state index < -0.39 is 41.2 Å². The molecule has 1 aliphatic rings. The lowest BCUT2D eigenvalue weighted by Gasteiger charge is -2.22. The Morgan fingerprint density at radius 1 is 1.08 bits per heavy atom. The van der Waals surface area contributed by atoms with E-state index in [4.69, 9.17) is 0 Å². The average Bonchev–Trinajstić information content (AvgIpc) is 3.32. The van der Waals surface area contributed by atoms with Crippen molar-refractivity contribution in [2.75, 3.05) is 0 Å². The van der Waals surface area contributed by atoms with Crippen LogP contribution in [0, 0.1) is 5.82 Å². The fraction of sp³-hybridized carbons (Fsp3) is 0.269. The molecule has 6 nitrogen and oxygen atoms in total. The summed E-state index contributed by atoms with van der Waals surface area (Å²) >= 11 is 0. The first-order valence-electron chi connectivity index (χ1n) is 11.2. The van der Waals surface area contributed by atoms with E-state index in [1.54, 1.807) is 51.4 Å². The number of hydrogen-bond acceptors (Lipinski definition) is 4. The highest BCUT2D eigenvalue weighted by Crippen LogP contribution is 2.40. The fourth-order valence-electron chi connectivity index (χ4n) is 4.67. The Hall–Kier alpha value is -3.79. The van der Waals surface area contributed by atoms with Crippen LogP contribution in [0.2, 0.25) is 0 Å². The minimum Gasteiger partial charge on any atom is -0.386 e. The Morgan fingerprint density at radius 3 is 2.50 bits per heavy atom. The molecule has 0 unspecified atom stereocenters. The van der Waals surface area contributed by atoms with Gasteiger partial charge in [-0.15, -0.1) is 0 Å². The molecule has 1 N–H and O–H groups in total. The molecule has 2 aromatic heterocycles. The standard InChI is InChI=1S/C26H22F4N4O2/c1-25(2,36)19-7-6-15(17-11-33(3)32-23(17)19)14-9-20(26(28,29)30)18(21(27)10-14)12-34-13-22-16(24(34)35)5-4-8-31-22/h4-11,36H,12-13H2,1-3H3. The molecular weight excluding hydrogens is 476 g/mol. The van der Waals surface area contributed by atoms with Crippen molar-refractivity contribution in [3.05, 3.63) is 82.6 Å². The number of hydrogen-bond donors (Lipinski definition) is 1. The van der Waals surface area contributed by atoms with Crippen molar-refractivity contribution >= 4 is 16.8 Å². The van der Waals surface area contributed by atoms with Crippen LogP contribution in [0.4, 0.5) is 17.6 Å². The molecule has 0 bridgehead atoms. The number of carbonyl (C=O) groups is 1. The maximum atomic E-state index is 15.4. The molecule has 0 radical (unpaired) electrons. The second-order valence-corrected chi connectivity index (χ2v) is 9.43. The monoisotopic (exact) mass is 498 g/mol. The van der Waals surface area contributed by atoms with Crippen molar-refractivity contribution in [3.63, 3.8) is 0 Å². The van der Waals surface area contributed by atoms with Crippen molar-refractivity contribution in [1.29, 1.82) is 0 Å². The molecule has 10 heteroatoms. The largest absolute Gasteiger partial charge is 0.416 e. The lowest BCUT2D eigenvalue weighted by molar-refractivity contribution is -0.138. The van der Waals surface area contributed by atoms with Crippen LogP contribution in [0.25, 0.3) is 22.0 Å². The van der Waals surface area contributed by atoms with Gasteiger partial charge >= 0.3 is 6.18 Å². The van der Waals surface area contributed by atoms with Crippen LogP contribution >= 0.6 is 0 Å². The zero-order chi connectivity index (χ0) is 26.0. The van der Waals surface area contributed by atoms with Gasteiger partial charge in [-0.05, 0) is 49.2 Å². The smallest absolute Gasteiger partial charge is 0.386 e. The molecule has 5 rings (SSSR count). The number of carbonyl (C=O) groups excluding carboxylic acids is 1. The van der Waals surface area contributed by atoms with E-state index in [0.717, 1.165) is 17.0 Å². The summed E-state index contributed by atoms with van der Waals surface area (Å²) in [6, 6.07) is 8.19. The predicted octanol–water partition coefficient (Wildman–Crippen LogP) is 5.18. The van der Waals surface area contributed by atoms with Crippen molar-refractivity contribution in [2.45, 2.75) is 38.7 Å². The van der Waals surface area contributed by atoms with Crippen LogP contribution in [0.15, 0.2) is 48.8 Å². The summed E-state index contributed by atoms with van der Waals surface area (Å²) in [6.45, 7) is 2.62. The second-order valence-electron chi connectivity index (χ2n) is 9.43. The molecule has 0 atom stereocenters. The minimum absolute atomic E-state index is 0.00219. The first kappa shape index (κ1) is 23.9. The molecule has 1 amide bonds. The Labute approximate surface area is 203 Å². The predicted molar refractivity (Wildman–Crippen MR) is 124 cm³/mol. The maximum absolute atomic E-state index is 15.4. The highest BCUT2D eigenvalue weighted by molar-refractivity contribution is 5.98. The molecule has 2 aromatic carbocycles. The Bertz CT molecular complexity index is 1520. The number of pyridine rings is 1. The molecule has 3 heterocycles. The molecule has 4 aromatic rings. The van der Waals surface area contributed by atoms with Crippen molar-refractivity contribution < 1.29 is 27.5 Å². The van der Waals surface area contributed by atoms with Crippen LogP contribution in [-0.4, -0.2) is 30.7 Å². The van der Waals surface area contributed by atoms with E-state index in [1.807, 2.05) is 0 Å². The number of aryl methyl sites for hydroxylation is 1. The third-order valence-electron chi connectivity index (χ3n) is 6.36. The van der Waals surface area contributed by atoms with Gasteiger partial charge in [-0.2, -0.15) is 18.3 Å². The summed E-state index contributed by atoms with van der Waals surface area (Å²) in [5.41, 5.74) is -0.998. The quantitative estimate of drug-likeness (QED) is 0.394. The zero-order valence-corrected chi connectivity index (χ0v) is 19.7. The molecule has 0 spiro atoms. The van der Waals surface area contributed by atoms with Gasteiger partial charge in [0, 0.05) is 42.5 Å². The third-order valence-corrected chi connectivity index (χ3v) is 6.36. The minimum atomic E-state index is -4.86. The van der Waals surface area contributed by atoms with Gasteiger partial charge in [-0.1, -0.05) is 12.1 Å². The number of fused-ring (bicyclic) bond motifs is 2. The molecule has 36 heavy (non-hydrogen) atoms. The summed E-state index contributed by atoms with van der Waals surface area (Å²) in [7, 11) is 1.66. The second kappa shape index (κ2) is 8.12. The van der Waals surface area contributed by atoms with Crippen LogP contribution in [-0.2, 0) is 31.9 Å². The van der Waals surface area contributed by atoms with Gasteiger partial charge < -0.3 is 10.0 Å². The Morgan fingerprint density at radius 2 is 1.83 bits per heavy atom. The molecule has 0 aliphatic carbocycles. The molecule has 0 saturated carbocycles. The Balaban J connectivity index is 1.62. The van der Waals surface area contributed by atoms with Gasteiger partial charge in [-0.25, -0.2) is 4.39 Å². The van der Waals surface area contributed by atoms with Crippen LogP contribution in [0.5, 0.6) is 0 Å². The van der Waals surface area contributed by atoms with Gasteiger partial charge in [0.25, 0.3) is 5.91 Å². The van der Waals surface area contributed by atoms with Gasteiger partial charge in [0.2, 0.25) is 0 Å². The van der Waals surface area contributed by atoms with E-state index >= 15 is 4.39 Å². The Kier molecular flexibility index (Phi) is 5.40. The third kappa shape index (κ3) is 4.01. The number of amides is 1. The first-order valence-corrected chi connectivity index (χ1v) is 11.2. The highest BCUT2D eigenvalue weighted by Gasteiger charge is 2.38. The van der Waals surface area contributed by atoms with E-state index in [2.05, 4.69) is 10.1 Å². The summed E-state index contributed by atoms with van der Waals surface area (Å²) in [4.78, 5) is 17.9. The molecule has 0 saturated heterocycles. The van der Waals surface area contributed by atoms with Crippen molar-refractivity contribution in [1.82, 2.24) is 19.7 Å². The summed E-state index contributed by atoms with van der Waals surface area (Å²) in [6.07, 6.45) is -1.75. The number of rotatable bonds is 4. The zero-order valence-electron chi connectivity index (χ0n) is 19.7. The molecule has 1 aliphatic heterocycles. The number of benzene rings is 2. The van der Waals surface area contributed by atoms with E-state index in [-0.39, 0.29) is 12.1 Å². The molecule has 186 valence electrons. The van der Waals surface area contributed by atoms with Crippen molar-refractivity contribution in [2.24, 2.45) is 7.05 Å². The van der Waals surface area contributed by atoms with Crippen molar-refractivity contribution in [3.8, 4) is 11.1 Å². The first-order chi connectivity index (χ1) is 16.8. The normalized spacial score (nSPS) is 14.1. The lowest BCUT2D eigenvalue weighted by Crippen LogP contribution is -2.26. The van der Waals surface area contributed by atoms with E-state index in [0.29, 0.717) is 33.3 Å².